The third-order valence-corrected chi connectivity index (χ3v) is 6.01. The molecule has 5 heteroatoms. The summed E-state index contributed by atoms with van der Waals surface area (Å²) in [5.74, 6) is 0.442. The zero-order valence-corrected chi connectivity index (χ0v) is 16.7. The topological polar surface area (TPSA) is 45.6 Å². The first-order valence-electron chi connectivity index (χ1n) is 10.1. The molecule has 144 valence electrons. The van der Waals surface area contributed by atoms with Gasteiger partial charge in [-0.15, -0.1) is 0 Å². The number of piperidine rings is 1. The molecule has 2 aliphatic heterocycles. The third kappa shape index (κ3) is 3.88. The fourth-order valence-electron chi connectivity index (χ4n) is 4.15. The Labute approximate surface area is 157 Å². The van der Waals surface area contributed by atoms with Gasteiger partial charge in [-0.25, -0.2) is 0 Å². The molecule has 0 bridgehead atoms. The quantitative estimate of drug-likeness (QED) is 0.812. The normalized spacial score (nSPS) is 21.9. The van der Waals surface area contributed by atoms with Crippen molar-refractivity contribution in [3.63, 3.8) is 0 Å². The zero-order chi connectivity index (χ0) is 18.8. The first-order chi connectivity index (χ1) is 12.4. The molecule has 1 unspecified atom stereocenters. The number of nitrogens with zero attached hydrogens (tertiary/aromatic N) is 3. The maximum absolute atomic E-state index is 13.0. The van der Waals surface area contributed by atoms with Crippen molar-refractivity contribution < 1.29 is 4.79 Å². The molecule has 2 aliphatic rings. The van der Waals surface area contributed by atoms with E-state index in [1.165, 1.54) is 19.3 Å². The molecule has 1 aromatic rings. The van der Waals surface area contributed by atoms with Crippen LogP contribution in [0.2, 0.25) is 0 Å². The molecule has 1 aromatic heterocycles. The molecule has 5 nitrogen and oxygen atoms in total. The van der Waals surface area contributed by atoms with Gasteiger partial charge < -0.3 is 9.47 Å². The predicted octanol–water partition coefficient (Wildman–Crippen LogP) is 2.90. The summed E-state index contributed by atoms with van der Waals surface area (Å²) in [6.07, 6.45) is 6.59. The van der Waals surface area contributed by atoms with Crippen molar-refractivity contribution in [2.24, 2.45) is 5.92 Å². The molecule has 3 rings (SSSR count). The van der Waals surface area contributed by atoms with Crippen molar-refractivity contribution in [2.45, 2.75) is 72.0 Å². The fraction of sp³-hybridized carbons (Fsp3) is 0.714. The van der Waals surface area contributed by atoms with Crippen LogP contribution in [0.4, 0.5) is 0 Å². The van der Waals surface area contributed by atoms with Gasteiger partial charge in [0, 0.05) is 37.9 Å². The molecular weight excluding hydrogens is 326 g/mol. The molecule has 0 radical (unpaired) electrons. The first-order valence-corrected chi connectivity index (χ1v) is 10.1. The minimum atomic E-state index is -0.134. The number of aryl methyl sites for hydroxylation is 2. The van der Waals surface area contributed by atoms with Gasteiger partial charge in [-0.3, -0.25) is 14.5 Å². The monoisotopic (exact) mass is 359 g/mol. The smallest absolute Gasteiger partial charge is 0.263 e. The maximum Gasteiger partial charge on any atom is 0.263 e. The minimum absolute atomic E-state index is 0.0905. The van der Waals surface area contributed by atoms with Crippen LogP contribution in [0.1, 0.15) is 62.4 Å². The molecule has 26 heavy (non-hydrogen) atoms. The summed E-state index contributed by atoms with van der Waals surface area (Å²) in [7, 11) is 0. The van der Waals surface area contributed by atoms with Crippen LogP contribution in [0, 0.1) is 12.8 Å². The van der Waals surface area contributed by atoms with E-state index < -0.39 is 0 Å². The zero-order valence-electron chi connectivity index (χ0n) is 16.7. The van der Waals surface area contributed by atoms with Crippen molar-refractivity contribution in [1.82, 2.24) is 14.4 Å². The highest BCUT2D eigenvalue weighted by atomic mass is 16.2. The van der Waals surface area contributed by atoms with Crippen LogP contribution in [0.3, 0.4) is 0 Å². The Morgan fingerprint density at radius 1 is 1.27 bits per heavy atom. The van der Waals surface area contributed by atoms with E-state index >= 15 is 0 Å². The molecule has 1 amide bonds. The lowest BCUT2D eigenvalue weighted by atomic mass is 9.96. The molecule has 3 heterocycles. The Hall–Kier alpha value is -1.62. The lowest BCUT2D eigenvalue weighted by Gasteiger charge is -2.49. The summed E-state index contributed by atoms with van der Waals surface area (Å²) in [6.45, 7) is 11.8. The highest BCUT2D eigenvalue weighted by Crippen LogP contribution is 2.25. The van der Waals surface area contributed by atoms with Gasteiger partial charge in [0.2, 0.25) is 0 Å². The molecule has 0 aliphatic carbocycles. The van der Waals surface area contributed by atoms with Crippen LogP contribution in [0.5, 0.6) is 0 Å². The van der Waals surface area contributed by atoms with E-state index in [9.17, 15) is 9.59 Å². The number of aromatic nitrogens is 1. The largest absolute Gasteiger partial charge is 0.335 e. The van der Waals surface area contributed by atoms with E-state index in [0.29, 0.717) is 30.1 Å². The van der Waals surface area contributed by atoms with Crippen molar-refractivity contribution in [3.8, 4) is 0 Å². The van der Waals surface area contributed by atoms with Gasteiger partial charge in [-0.1, -0.05) is 20.3 Å². The summed E-state index contributed by atoms with van der Waals surface area (Å²) in [5, 5.41) is 0. The Bertz CT molecular complexity index is 704. The standard InChI is InChI=1S/C21H33N3O2/c1-15(2)8-11-22-12-9-16(3)19(20(22)25)21(26)23-13-18(14-23)24-10-6-5-7-17(24)4/h9,12,15,17-18H,5-8,10-11,13-14H2,1-4H3. The van der Waals surface area contributed by atoms with Crippen LogP contribution in [-0.4, -0.2) is 52.0 Å². The second-order valence-corrected chi connectivity index (χ2v) is 8.50. The molecule has 0 N–H and O–H groups in total. The van der Waals surface area contributed by atoms with E-state index in [0.717, 1.165) is 31.6 Å². The average molecular weight is 360 g/mol. The number of hydrogen-bond donors (Lipinski definition) is 0. The van der Waals surface area contributed by atoms with Gasteiger partial charge in [-0.2, -0.15) is 0 Å². The van der Waals surface area contributed by atoms with Gasteiger partial charge in [0.05, 0.1) is 0 Å². The highest BCUT2D eigenvalue weighted by Gasteiger charge is 2.38. The van der Waals surface area contributed by atoms with E-state index in [-0.39, 0.29) is 11.5 Å². The van der Waals surface area contributed by atoms with Crippen LogP contribution < -0.4 is 5.56 Å². The molecule has 0 aromatic carbocycles. The fourth-order valence-corrected chi connectivity index (χ4v) is 4.15. The number of carbonyl (C=O) groups is 1. The molecular formula is C21H33N3O2. The maximum atomic E-state index is 13.0. The minimum Gasteiger partial charge on any atom is -0.335 e. The molecule has 0 saturated carbocycles. The van der Waals surface area contributed by atoms with Crippen LogP contribution in [-0.2, 0) is 6.54 Å². The van der Waals surface area contributed by atoms with Crippen LogP contribution >= 0.6 is 0 Å². The second kappa shape index (κ2) is 7.95. The van der Waals surface area contributed by atoms with Crippen molar-refractivity contribution in [2.75, 3.05) is 19.6 Å². The van der Waals surface area contributed by atoms with E-state index in [1.807, 2.05) is 24.1 Å². The number of amides is 1. The summed E-state index contributed by atoms with van der Waals surface area (Å²) >= 11 is 0. The Balaban J connectivity index is 1.69. The average Bonchev–Trinajstić information content (AvgIpc) is 2.54. The lowest BCUT2D eigenvalue weighted by Crippen LogP contribution is -2.64. The Morgan fingerprint density at radius 3 is 2.65 bits per heavy atom. The number of pyridine rings is 1. The molecule has 2 saturated heterocycles. The first kappa shape index (κ1) is 19.2. The molecule has 0 spiro atoms. The summed E-state index contributed by atoms with van der Waals surface area (Å²) in [6, 6.07) is 2.97. The van der Waals surface area contributed by atoms with Gasteiger partial charge in [0.15, 0.2) is 0 Å². The summed E-state index contributed by atoms with van der Waals surface area (Å²) in [5.41, 5.74) is 1.02. The Morgan fingerprint density at radius 2 is 2.00 bits per heavy atom. The SMILES string of the molecule is Cc1ccn(CCC(C)C)c(=O)c1C(=O)N1CC(N2CCCCC2C)C1. The van der Waals surface area contributed by atoms with Gasteiger partial charge in [0.1, 0.15) is 5.56 Å². The third-order valence-electron chi connectivity index (χ3n) is 6.01. The van der Waals surface area contributed by atoms with E-state index in [2.05, 4.69) is 25.7 Å². The number of likely N-dealkylation sites (tertiary alicyclic amines) is 2. The lowest BCUT2D eigenvalue weighted by molar-refractivity contribution is 0.00195. The van der Waals surface area contributed by atoms with Crippen LogP contribution in [0.15, 0.2) is 17.1 Å². The summed E-state index contributed by atoms with van der Waals surface area (Å²) < 4.78 is 1.70. The molecule has 1 atom stereocenters. The van der Waals surface area contributed by atoms with Crippen molar-refractivity contribution in [3.05, 3.63) is 33.7 Å². The van der Waals surface area contributed by atoms with Gasteiger partial charge in [0.25, 0.3) is 11.5 Å². The van der Waals surface area contributed by atoms with E-state index in [1.54, 1.807) is 4.57 Å². The number of hydrogen-bond acceptors (Lipinski definition) is 3. The highest BCUT2D eigenvalue weighted by molar-refractivity contribution is 5.95. The number of carbonyl (C=O) groups excluding carboxylic acids is 1. The van der Waals surface area contributed by atoms with E-state index in [4.69, 9.17) is 0 Å². The van der Waals surface area contributed by atoms with Gasteiger partial charge >= 0.3 is 0 Å². The number of rotatable bonds is 5. The Kier molecular flexibility index (Phi) is 5.86. The second-order valence-electron chi connectivity index (χ2n) is 8.50. The predicted molar refractivity (Wildman–Crippen MR) is 105 cm³/mol. The van der Waals surface area contributed by atoms with Gasteiger partial charge in [-0.05, 0) is 57.2 Å². The van der Waals surface area contributed by atoms with Crippen LogP contribution in [0.25, 0.3) is 0 Å². The summed E-state index contributed by atoms with van der Waals surface area (Å²) in [4.78, 5) is 30.2. The van der Waals surface area contributed by atoms with Crippen molar-refractivity contribution >= 4 is 5.91 Å². The van der Waals surface area contributed by atoms with Crippen molar-refractivity contribution in [1.29, 1.82) is 0 Å². The molecule has 2 fully saturated rings.